The van der Waals surface area contributed by atoms with Crippen LogP contribution in [0.25, 0.3) is 5.65 Å². The molecular weight excluding hydrogens is 372 g/mol. The van der Waals surface area contributed by atoms with Crippen LogP contribution in [0.5, 0.6) is 0 Å². The van der Waals surface area contributed by atoms with Crippen molar-refractivity contribution < 1.29 is 14.3 Å². The van der Waals surface area contributed by atoms with E-state index in [1.807, 2.05) is 35.5 Å². The Hall–Kier alpha value is -2.78. The first kappa shape index (κ1) is 19.5. The molecule has 29 heavy (non-hydrogen) atoms. The van der Waals surface area contributed by atoms with Gasteiger partial charge in [0.05, 0.1) is 44.1 Å². The zero-order chi connectivity index (χ0) is 20.4. The summed E-state index contributed by atoms with van der Waals surface area (Å²) < 4.78 is 15.0. The van der Waals surface area contributed by atoms with E-state index >= 15 is 0 Å². The molecule has 3 aromatic heterocycles. The van der Waals surface area contributed by atoms with Crippen molar-refractivity contribution in [1.29, 1.82) is 0 Å². The molecule has 1 unspecified atom stereocenters. The molecule has 9 nitrogen and oxygen atoms in total. The van der Waals surface area contributed by atoms with E-state index in [1.54, 1.807) is 19.5 Å². The third-order valence-electron chi connectivity index (χ3n) is 5.37. The van der Waals surface area contributed by atoms with Crippen LogP contribution in [0.1, 0.15) is 35.3 Å². The number of fused-ring (bicyclic) bond motifs is 1. The van der Waals surface area contributed by atoms with E-state index in [-0.39, 0.29) is 12.0 Å². The van der Waals surface area contributed by atoms with Crippen molar-refractivity contribution in [2.24, 2.45) is 0 Å². The highest BCUT2D eigenvalue weighted by Crippen LogP contribution is 2.25. The summed E-state index contributed by atoms with van der Waals surface area (Å²) in [6.45, 7) is 6.63. The molecule has 0 radical (unpaired) electrons. The molecule has 1 saturated heterocycles. The lowest BCUT2D eigenvalue weighted by atomic mass is 10.2. The number of carbonyl (C=O) groups excluding carboxylic acids is 1. The third kappa shape index (κ3) is 3.88. The molecule has 0 N–H and O–H groups in total. The monoisotopic (exact) mass is 398 g/mol. The quantitative estimate of drug-likeness (QED) is 0.626. The maximum atomic E-state index is 12.4. The Morgan fingerprint density at radius 1 is 1.31 bits per heavy atom. The van der Waals surface area contributed by atoms with Crippen LogP contribution in [-0.4, -0.2) is 68.4 Å². The molecule has 0 spiro atoms. The van der Waals surface area contributed by atoms with Crippen molar-refractivity contribution in [2.45, 2.75) is 32.9 Å². The fourth-order valence-electron chi connectivity index (χ4n) is 3.69. The maximum Gasteiger partial charge on any atom is 0.225 e. The van der Waals surface area contributed by atoms with Crippen LogP contribution in [0.4, 0.5) is 0 Å². The molecule has 0 saturated carbocycles. The van der Waals surface area contributed by atoms with Gasteiger partial charge in [0.25, 0.3) is 0 Å². The lowest BCUT2D eigenvalue weighted by Crippen LogP contribution is -2.43. The molecule has 1 aliphatic heterocycles. The first-order valence-corrected chi connectivity index (χ1v) is 9.77. The Labute approximate surface area is 169 Å². The molecule has 0 aromatic carbocycles. The van der Waals surface area contributed by atoms with Gasteiger partial charge in [-0.1, -0.05) is 0 Å². The molecule has 9 heteroatoms. The predicted octanol–water partition coefficient (Wildman–Crippen LogP) is 1.53. The Kier molecular flexibility index (Phi) is 5.59. The molecule has 1 atom stereocenters. The fraction of sp³-hybridized carbons (Fsp3) is 0.500. The number of nitrogens with zero attached hydrogens (tertiary/aromatic N) is 6. The van der Waals surface area contributed by atoms with Crippen LogP contribution >= 0.6 is 0 Å². The normalized spacial score (nSPS) is 17.2. The van der Waals surface area contributed by atoms with Gasteiger partial charge >= 0.3 is 0 Å². The summed E-state index contributed by atoms with van der Waals surface area (Å²) in [5, 5.41) is 4.73. The van der Waals surface area contributed by atoms with E-state index in [0.717, 1.165) is 28.4 Å². The molecule has 1 fully saturated rings. The number of hydrogen-bond acceptors (Lipinski definition) is 6. The number of morpholine rings is 1. The number of imidazole rings is 1. The first-order valence-electron chi connectivity index (χ1n) is 9.77. The van der Waals surface area contributed by atoms with Crippen molar-refractivity contribution in [3.8, 4) is 0 Å². The first-order chi connectivity index (χ1) is 14.1. The summed E-state index contributed by atoms with van der Waals surface area (Å²) in [6.07, 6.45) is 5.66. The Balaban J connectivity index is 1.62. The molecule has 0 aliphatic carbocycles. The van der Waals surface area contributed by atoms with Crippen molar-refractivity contribution >= 4 is 11.6 Å². The summed E-state index contributed by atoms with van der Waals surface area (Å²) in [5.74, 6) is 1.03. The van der Waals surface area contributed by atoms with Crippen LogP contribution in [-0.2, 0) is 20.8 Å². The summed E-state index contributed by atoms with van der Waals surface area (Å²) in [6, 6.07) is 1.92. The Morgan fingerprint density at radius 2 is 2.17 bits per heavy atom. The van der Waals surface area contributed by atoms with Gasteiger partial charge in [-0.25, -0.2) is 14.5 Å². The van der Waals surface area contributed by atoms with E-state index in [1.165, 1.54) is 0 Å². The second-order valence-electron chi connectivity index (χ2n) is 7.21. The average Bonchev–Trinajstić information content (AvgIpc) is 3.29. The number of aryl methyl sites for hydroxylation is 2. The number of hydrogen-bond donors (Lipinski definition) is 0. The van der Waals surface area contributed by atoms with Gasteiger partial charge in [-0.3, -0.25) is 4.79 Å². The lowest BCUT2D eigenvalue weighted by Gasteiger charge is -2.33. The van der Waals surface area contributed by atoms with Gasteiger partial charge in [0.15, 0.2) is 5.65 Å². The Bertz CT molecular complexity index is 1010. The number of amides is 1. The second-order valence-corrected chi connectivity index (χ2v) is 7.21. The minimum absolute atomic E-state index is 0.0818. The van der Waals surface area contributed by atoms with E-state index in [2.05, 4.69) is 14.5 Å². The molecular formula is C20H26N6O3. The minimum atomic E-state index is -0.247. The highest BCUT2D eigenvalue weighted by Gasteiger charge is 2.28. The van der Waals surface area contributed by atoms with Crippen molar-refractivity contribution in [1.82, 2.24) is 29.0 Å². The van der Waals surface area contributed by atoms with Crippen molar-refractivity contribution in [3.63, 3.8) is 0 Å². The standard InChI is InChI=1S/C20H26N6O3/c1-14-16(12-24-8-7-21-15(24)2)20-22-6-4-17(26(20)23-14)18-13-25(9-11-29-18)19(27)5-10-28-3/h4,6-8,18H,5,9-13H2,1-3H3. The van der Waals surface area contributed by atoms with Gasteiger partial charge in [-0.2, -0.15) is 5.10 Å². The SMILES string of the molecule is COCCC(=O)N1CCOC(c2ccnc3c(Cn4ccnc4C)c(C)nn23)C1. The molecule has 1 aliphatic rings. The summed E-state index contributed by atoms with van der Waals surface area (Å²) in [7, 11) is 1.60. The maximum absolute atomic E-state index is 12.4. The molecule has 1 amide bonds. The predicted molar refractivity (Wildman–Crippen MR) is 106 cm³/mol. The fourth-order valence-corrected chi connectivity index (χ4v) is 3.69. The number of rotatable bonds is 6. The molecule has 3 aromatic rings. The van der Waals surface area contributed by atoms with Gasteiger partial charge in [-0.15, -0.1) is 0 Å². The van der Waals surface area contributed by atoms with Crippen molar-refractivity contribution in [2.75, 3.05) is 33.4 Å². The minimum Gasteiger partial charge on any atom is -0.384 e. The van der Waals surface area contributed by atoms with Gasteiger partial charge < -0.3 is 18.9 Å². The highest BCUT2D eigenvalue weighted by atomic mass is 16.5. The van der Waals surface area contributed by atoms with E-state index < -0.39 is 0 Å². The average molecular weight is 398 g/mol. The number of carbonyl (C=O) groups is 1. The van der Waals surface area contributed by atoms with E-state index in [9.17, 15) is 4.79 Å². The zero-order valence-electron chi connectivity index (χ0n) is 17.0. The van der Waals surface area contributed by atoms with E-state index in [0.29, 0.717) is 39.3 Å². The lowest BCUT2D eigenvalue weighted by molar-refractivity contribution is -0.140. The molecule has 154 valence electrons. The topological polar surface area (TPSA) is 86.8 Å². The molecule has 0 bridgehead atoms. The number of ether oxygens (including phenoxy) is 2. The van der Waals surface area contributed by atoms with Crippen molar-refractivity contribution in [3.05, 3.63) is 47.4 Å². The Morgan fingerprint density at radius 3 is 2.93 bits per heavy atom. The number of aromatic nitrogens is 5. The second kappa shape index (κ2) is 8.30. The van der Waals surface area contributed by atoms with Crippen LogP contribution in [0.15, 0.2) is 24.7 Å². The smallest absolute Gasteiger partial charge is 0.225 e. The van der Waals surface area contributed by atoms with Crippen LogP contribution in [0.3, 0.4) is 0 Å². The van der Waals surface area contributed by atoms with E-state index in [4.69, 9.17) is 14.6 Å². The molecule has 4 rings (SSSR count). The van der Waals surface area contributed by atoms with Crippen LogP contribution in [0, 0.1) is 13.8 Å². The van der Waals surface area contributed by atoms with Crippen LogP contribution < -0.4 is 0 Å². The van der Waals surface area contributed by atoms with Gasteiger partial charge in [0.1, 0.15) is 11.9 Å². The largest absolute Gasteiger partial charge is 0.384 e. The summed E-state index contributed by atoms with van der Waals surface area (Å²) >= 11 is 0. The van der Waals surface area contributed by atoms with Gasteiger partial charge in [0, 0.05) is 37.8 Å². The summed E-state index contributed by atoms with van der Waals surface area (Å²) in [4.78, 5) is 23.1. The highest BCUT2D eigenvalue weighted by molar-refractivity contribution is 5.76. The zero-order valence-corrected chi connectivity index (χ0v) is 17.0. The molecule has 4 heterocycles. The van der Waals surface area contributed by atoms with Gasteiger partial charge in [-0.05, 0) is 19.9 Å². The van der Waals surface area contributed by atoms with Crippen LogP contribution in [0.2, 0.25) is 0 Å². The summed E-state index contributed by atoms with van der Waals surface area (Å²) in [5.41, 5.74) is 3.68. The third-order valence-corrected chi connectivity index (χ3v) is 5.37. The number of methoxy groups -OCH3 is 1. The van der Waals surface area contributed by atoms with Gasteiger partial charge in [0.2, 0.25) is 5.91 Å².